The summed E-state index contributed by atoms with van der Waals surface area (Å²) in [6.45, 7) is 3.12. The van der Waals surface area contributed by atoms with Crippen LogP contribution < -0.4 is 16.0 Å². The molecular formula is C17H23N3O5S. The Hall–Kier alpha value is -2.00. The molecule has 142 valence electrons. The Morgan fingerprint density at radius 3 is 2.81 bits per heavy atom. The first-order chi connectivity index (χ1) is 12.5. The number of nitrogens with one attached hydrogen (secondary N) is 3. The molecule has 3 heterocycles. The summed E-state index contributed by atoms with van der Waals surface area (Å²) in [5, 5.41) is 8.60. The van der Waals surface area contributed by atoms with Crippen LogP contribution in [0.2, 0.25) is 0 Å². The Kier molecular flexibility index (Phi) is 5.87. The number of hydrogen-bond acceptors (Lipinski definition) is 6. The van der Waals surface area contributed by atoms with Crippen molar-refractivity contribution in [3.05, 3.63) is 23.7 Å². The van der Waals surface area contributed by atoms with E-state index in [1.54, 1.807) is 6.07 Å². The molecule has 0 aromatic carbocycles. The zero-order chi connectivity index (χ0) is 18.6. The maximum Gasteiger partial charge on any atom is 0.287 e. The average Bonchev–Trinajstić information content (AvgIpc) is 3.07. The van der Waals surface area contributed by atoms with E-state index in [2.05, 4.69) is 16.0 Å². The molecule has 3 N–H and O–H groups in total. The predicted molar refractivity (Wildman–Crippen MR) is 96.0 cm³/mol. The molecule has 0 radical (unpaired) electrons. The second-order valence-electron chi connectivity index (χ2n) is 6.69. The Labute approximate surface area is 155 Å². The highest BCUT2D eigenvalue weighted by Gasteiger charge is 2.37. The summed E-state index contributed by atoms with van der Waals surface area (Å²) in [5.74, 6) is 0.481. The van der Waals surface area contributed by atoms with Crippen LogP contribution in [0, 0.1) is 6.92 Å². The number of thioether (sulfide) groups is 1. The molecule has 1 aromatic heterocycles. The molecule has 26 heavy (non-hydrogen) atoms. The lowest BCUT2D eigenvalue weighted by Gasteiger charge is -2.39. The van der Waals surface area contributed by atoms with Crippen LogP contribution >= 0.6 is 11.8 Å². The van der Waals surface area contributed by atoms with Crippen LogP contribution in [0.25, 0.3) is 0 Å². The van der Waals surface area contributed by atoms with Crippen LogP contribution in [-0.2, 0) is 14.3 Å². The summed E-state index contributed by atoms with van der Waals surface area (Å²) < 4.78 is 10.6. The molecule has 9 heteroatoms. The molecule has 3 amide bonds. The normalized spacial score (nSPS) is 22.3. The fraction of sp³-hybridized carbons (Fsp3) is 0.588. The van der Waals surface area contributed by atoms with Gasteiger partial charge in [0.1, 0.15) is 6.04 Å². The van der Waals surface area contributed by atoms with Gasteiger partial charge in [0.25, 0.3) is 5.91 Å². The van der Waals surface area contributed by atoms with Gasteiger partial charge in [0.2, 0.25) is 11.8 Å². The average molecular weight is 381 g/mol. The van der Waals surface area contributed by atoms with E-state index >= 15 is 0 Å². The zero-order valence-corrected chi connectivity index (χ0v) is 15.4. The molecule has 0 bridgehead atoms. The molecule has 3 rings (SSSR count). The zero-order valence-electron chi connectivity index (χ0n) is 14.6. The van der Waals surface area contributed by atoms with Gasteiger partial charge in [0.15, 0.2) is 5.76 Å². The summed E-state index contributed by atoms with van der Waals surface area (Å²) in [7, 11) is 0. The molecule has 0 unspecified atom stereocenters. The van der Waals surface area contributed by atoms with Crippen molar-refractivity contribution < 1.29 is 23.5 Å². The maximum absolute atomic E-state index is 12.6. The van der Waals surface area contributed by atoms with Gasteiger partial charge in [-0.2, -0.15) is 0 Å². The Morgan fingerprint density at radius 2 is 2.15 bits per heavy atom. The van der Waals surface area contributed by atoms with E-state index < -0.39 is 11.6 Å². The molecule has 1 atom stereocenters. The van der Waals surface area contributed by atoms with Gasteiger partial charge in [-0.05, 0) is 31.4 Å². The van der Waals surface area contributed by atoms with Crippen molar-refractivity contribution >= 4 is 29.5 Å². The molecule has 2 aliphatic heterocycles. The maximum atomic E-state index is 12.6. The molecular weight excluding hydrogens is 358 g/mol. The van der Waals surface area contributed by atoms with Crippen molar-refractivity contribution in [3.63, 3.8) is 0 Å². The number of aryl methyl sites for hydroxylation is 1. The van der Waals surface area contributed by atoms with Crippen LogP contribution in [0.3, 0.4) is 0 Å². The number of hydrogen-bond donors (Lipinski definition) is 3. The van der Waals surface area contributed by atoms with E-state index in [1.165, 1.54) is 18.0 Å². The highest BCUT2D eigenvalue weighted by molar-refractivity contribution is 8.00. The number of rotatable bonds is 5. The van der Waals surface area contributed by atoms with Crippen molar-refractivity contribution in [2.24, 2.45) is 0 Å². The quantitative estimate of drug-likeness (QED) is 0.673. The van der Waals surface area contributed by atoms with Gasteiger partial charge >= 0.3 is 0 Å². The van der Waals surface area contributed by atoms with E-state index in [9.17, 15) is 14.4 Å². The number of carbonyl (C=O) groups is 3. The molecule has 0 spiro atoms. The number of ether oxygens (including phenoxy) is 1. The Balaban J connectivity index is 1.63. The van der Waals surface area contributed by atoms with E-state index in [1.807, 2.05) is 6.92 Å². The monoisotopic (exact) mass is 381 g/mol. The van der Waals surface area contributed by atoms with Crippen molar-refractivity contribution in [1.29, 1.82) is 0 Å². The lowest BCUT2D eigenvalue weighted by molar-refractivity contribution is -0.129. The van der Waals surface area contributed by atoms with Crippen molar-refractivity contribution in [2.45, 2.75) is 31.3 Å². The largest absolute Gasteiger partial charge is 0.459 e. The minimum atomic E-state index is -0.598. The van der Waals surface area contributed by atoms with E-state index in [-0.39, 0.29) is 30.0 Å². The first kappa shape index (κ1) is 18.8. The lowest BCUT2D eigenvalue weighted by Crippen LogP contribution is -2.62. The van der Waals surface area contributed by atoms with Crippen LogP contribution in [0.4, 0.5) is 0 Å². The smallest absolute Gasteiger partial charge is 0.287 e. The summed E-state index contributed by atoms with van der Waals surface area (Å²) in [5.41, 5.74) is 0.272. The topological polar surface area (TPSA) is 110 Å². The molecule has 8 nitrogen and oxygen atoms in total. The van der Waals surface area contributed by atoms with E-state index in [0.717, 1.165) is 5.56 Å². The summed E-state index contributed by atoms with van der Waals surface area (Å²) in [6, 6.07) is 1.11. The van der Waals surface area contributed by atoms with Crippen molar-refractivity contribution in [1.82, 2.24) is 16.0 Å². The van der Waals surface area contributed by atoms with Gasteiger partial charge in [-0.1, -0.05) is 0 Å². The molecule has 2 aliphatic rings. The Morgan fingerprint density at radius 1 is 1.38 bits per heavy atom. The van der Waals surface area contributed by atoms with Crippen LogP contribution in [0.1, 0.15) is 29.0 Å². The second-order valence-corrected chi connectivity index (χ2v) is 7.72. The summed E-state index contributed by atoms with van der Waals surface area (Å²) in [6.07, 6.45) is 2.69. The van der Waals surface area contributed by atoms with Gasteiger partial charge in [-0.15, -0.1) is 11.8 Å². The van der Waals surface area contributed by atoms with E-state index in [4.69, 9.17) is 9.15 Å². The van der Waals surface area contributed by atoms with Gasteiger partial charge in [-0.25, -0.2) is 0 Å². The van der Waals surface area contributed by atoms with Crippen molar-refractivity contribution in [2.75, 3.05) is 31.3 Å². The standard InChI is InChI=1S/C17H23N3O5S/c1-11-6-13(25-7-11)16(23)18-10-17(2-4-24-5-3-17)20-15(22)12-8-26-9-14(21)19-12/h6-7,12H,2-5,8-10H2,1H3,(H,18,23)(H,19,21)(H,20,22)/t12-/m0/s1. The fourth-order valence-electron chi connectivity index (χ4n) is 3.03. The highest BCUT2D eigenvalue weighted by Crippen LogP contribution is 2.21. The number of carbonyl (C=O) groups excluding carboxylic acids is 3. The fourth-order valence-corrected chi connectivity index (χ4v) is 3.89. The third-order valence-electron chi connectivity index (χ3n) is 4.55. The van der Waals surface area contributed by atoms with Crippen LogP contribution in [0.5, 0.6) is 0 Å². The highest BCUT2D eigenvalue weighted by atomic mass is 32.2. The number of amides is 3. The second kappa shape index (κ2) is 8.13. The molecule has 2 saturated heterocycles. The van der Waals surface area contributed by atoms with Crippen LogP contribution in [0.15, 0.2) is 16.7 Å². The summed E-state index contributed by atoms with van der Waals surface area (Å²) in [4.78, 5) is 36.4. The minimum absolute atomic E-state index is 0.135. The number of furan rings is 1. The van der Waals surface area contributed by atoms with Gasteiger partial charge < -0.3 is 25.1 Å². The lowest BCUT2D eigenvalue weighted by atomic mass is 9.89. The summed E-state index contributed by atoms with van der Waals surface area (Å²) >= 11 is 1.44. The minimum Gasteiger partial charge on any atom is -0.459 e. The molecule has 1 aromatic rings. The third-order valence-corrected chi connectivity index (χ3v) is 5.58. The van der Waals surface area contributed by atoms with E-state index in [0.29, 0.717) is 37.6 Å². The third kappa shape index (κ3) is 4.59. The molecule has 2 fully saturated rings. The van der Waals surface area contributed by atoms with Crippen LogP contribution in [-0.4, -0.2) is 60.6 Å². The van der Waals surface area contributed by atoms with Crippen molar-refractivity contribution in [3.8, 4) is 0 Å². The Bertz CT molecular complexity index is 684. The predicted octanol–water partition coefficient (Wildman–Crippen LogP) is 0.215. The first-order valence-corrected chi connectivity index (χ1v) is 9.73. The molecule has 0 aliphatic carbocycles. The molecule has 0 saturated carbocycles. The van der Waals surface area contributed by atoms with Gasteiger partial charge in [-0.3, -0.25) is 14.4 Å². The first-order valence-electron chi connectivity index (χ1n) is 8.58. The van der Waals surface area contributed by atoms with Gasteiger partial charge in [0, 0.05) is 25.5 Å². The SMILES string of the molecule is Cc1coc(C(=O)NCC2(NC(=O)[C@@H]3CSCC(=O)N3)CCOCC2)c1. The van der Waals surface area contributed by atoms with Gasteiger partial charge in [0.05, 0.1) is 17.6 Å².